The molecule has 0 saturated carbocycles. The summed E-state index contributed by atoms with van der Waals surface area (Å²) in [6, 6.07) is 6.85. The number of amides is 2. The zero-order valence-corrected chi connectivity index (χ0v) is 10.4. The average Bonchev–Trinajstić information content (AvgIpc) is 2.27. The highest BCUT2D eigenvalue weighted by molar-refractivity contribution is 6.30. The van der Waals surface area contributed by atoms with Gasteiger partial charge in [0.1, 0.15) is 0 Å². The van der Waals surface area contributed by atoms with Gasteiger partial charge in [0.25, 0.3) is 0 Å². The van der Waals surface area contributed by atoms with E-state index in [1.165, 1.54) is 0 Å². The lowest BCUT2D eigenvalue weighted by molar-refractivity contribution is -0.124. The zero-order chi connectivity index (χ0) is 12.7. The quantitative estimate of drug-likeness (QED) is 0.846. The Balaban J connectivity index is 2.37. The maximum Gasteiger partial charge on any atom is 0.243 e. The SMILES string of the molecule is CCCC(=O)NCC(=O)Nc1cccc(Cl)c1. The summed E-state index contributed by atoms with van der Waals surface area (Å²) in [5.41, 5.74) is 0.618. The topological polar surface area (TPSA) is 58.2 Å². The van der Waals surface area contributed by atoms with Crippen molar-refractivity contribution < 1.29 is 9.59 Å². The van der Waals surface area contributed by atoms with Crippen molar-refractivity contribution in [2.24, 2.45) is 0 Å². The maximum atomic E-state index is 11.5. The van der Waals surface area contributed by atoms with Crippen LogP contribution in [-0.4, -0.2) is 18.4 Å². The molecule has 0 spiro atoms. The number of benzene rings is 1. The largest absolute Gasteiger partial charge is 0.347 e. The minimum absolute atomic E-state index is 0.0225. The Bertz CT molecular complexity index is 407. The first kappa shape index (κ1) is 13.5. The smallest absolute Gasteiger partial charge is 0.243 e. The third kappa shape index (κ3) is 5.36. The van der Waals surface area contributed by atoms with Crippen molar-refractivity contribution in [3.05, 3.63) is 29.3 Å². The molecule has 92 valence electrons. The van der Waals surface area contributed by atoms with Crippen LogP contribution >= 0.6 is 11.6 Å². The molecule has 0 heterocycles. The van der Waals surface area contributed by atoms with Gasteiger partial charge < -0.3 is 10.6 Å². The van der Waals surface area contributed by atoms with Crippen molar-refractivity contribution >= 4 is 29.1 Å². The Hall–Kier alpha value is -1.55. The lowest BCUT2D eigenvalue weighted by Gasteiger charge is -2.06. The van der Waals surface area contributed by atoms with Crippen LogP contribution in [0.3, 0.4) is 0 Å². The predicted octanol–water partition coefficient (Wildman–Crippen LogP) is 2.19. The second-order valence-corrected chi connectivity index (χ2v) is 4.02. The summed E-state index contributed by atoms with van der Waals surface area (Å²) < 4.78 is 0. The Kier molecular flexibility index (Phi) is 5.49. The molecule has 0 saturated heterocycles. The van der Waals surface area contributed by atoms with Gasteiger partial charge in [0.2, 0.25) is 11.8 Å². The van der Waals surface area contributed by atoms with Crippen LogP contribution in [0.5, 0.6) is 0 Å². The molecule has 0 aliphatic heterocycles. The number of carbonyl (C=O) groups is 2. The number of carbonyl (C=O) groups excluding carboxylic acids is 2. The van der Waals surface area contributed by atoms with Gasteiger partial charge in [-0.25, -0.2) is 0 Å². The van der Waals surface area contributed by atoms with E-state index < -0.39 is 0 Å². The summed E-state index contributed by atoms with van der Waals surface area (Å²) in [5, 5.41) is 5.73. The van der Waals surface area contributed by atoms with Crippen molar-refractivity contribution in [3.8, 4) is 0 Å². The first-order chi connectivity index (χ1) is 8.11. The first-order valence-electron chi connectivity index (χ1n) is 5.44. The van der Waals surface area contributed by atoms with Gasteiger partial charge in [0.15, 0.2) is 0 Å². The van der Waals surface area contributed by atoms with Gasteiger partial charge in [-0.15, -0.1) is 0 Å². The highest BCUT2D eigenvalue weighted by atomic mass is 35.5. The molecule has 0 fully saturated rings. The minimum atomic E-state index is -0.267. The lowest BCUT2D eigenvalue weighted by Crippen LogP contribution is -2.32. The molecule has 5 heteroatoms. The molecule has 1 aromatic rings. The van der Waals surface area contributed by atoms with E-state index in [0.717, 1.165) is 6.42 Å². The third-order valence-corrected chi connectivity index (χ3v) is 2.27. The number of rotatable bonds is 5. The molecule has 0 aliphatic rings. The fourth-order valence-electron chi connectivity index (χ4n) is 1.27. The van der Waals surface area contributed by atoms with Crippen molar-refractivity contribution in [1.29, 1.82) is 0 Å². The standard InChI is InChI=1S/C12H15ClN2O2/c1-2-4-11(16)14-8-12(17)15-10-6-3-5-9(13)7-10/h3,5-7H,2,4,8H2,1H3,(H,14,16)(H,15,17). The second-order valence-electron chi connectivity index (χ2n) is 3.59. The molecule has 17 heavy (non-hydrogen) atoms. The van der Waals surface area contributed by atoms with Crippen molar-refractivity contribution in [2.45, 2.75) is 19.8 Å². The van der Waals surface area contributed by atoms with E-state index in [2.05, 4.69) is 10.6 Å². The van der Waals surface area contributed by atoms with E-state index in [4.69, 9.17) is 11.6 Å². The second kappa shape index (κ2) is 6.91. The van der Waals surface area contributed by atoms with E-state index in [9.17, 15) is 9.59 Å². The highest BCUT2D eigenvalue weighted by Crippen LogP contribution is 2.14. The van der Waals surface area contributed by atoms with Crippen molar-refractivity contribution in [2.75, 3.05) is 11.9 Å². The van der Waals surface area contributed by atoms with Gasteiger partial charge in [-0.1, -0.05) is 24.6 Å². The first-order valence-corrected chi connectivity index (χ1v) is 5.81. The molecule has 4 nitrogen and oxygen atoms in total. The molecule has 1 aromatic carbocycles. The molecule has 1 rings (SSSR count). The fraction of sp³-hybridized carbons (Fsp3) is 0.333. The summed E-state index contributed by atoms with van der Waals surface area (Å²) in [4.78, 5) is 22.6. The highest BCUT2D eigenvalue weighted by Gasteiger charge is 2.05. The number of anilines is 1. The van der Waals surface area contributed by atoms with Crippen LogP contribution < -0.4 is 10.6 Å². The van der Waals surface area contributed by atoms with Crippen LogP contribution in [0.15, 0.2) is 24.3 Å². The number of nitrogens with one attached hydrogen (secondary N) is 2. The maximum absolute atomic E-state index is 11.5. The summed E-state index contributed by atoms with van der Waals surface area (Å²) in [6.45, 7) is 1.89. The Morgan fingerprint density at radius 3 is 2.71 bits per heavy atom. The zero-order valence-electron chi connectivity index (χ0n) is 9.63. The predicted molar refractivity (Wildman–Crippen MR) is 68.0 cm³/mol. The lowest BCUT2D eigenvalue weighted by atomic mass is 10.3. The van der Waals surface area contributed by atoms with E-state index in [-0.39, 0.29) is 18.4 Å². The summed E-state index contributed by atoms with van der Waals surface area (Å²) in [6.07, 6.45) is 1.20. The van der Waals surface area contributed by atoms with E-state index >= 15 is 0 Å². The van der Waals surface area contributed by atoms with Crippen LogP contribution in [0, 0.1) is 0 Å². The molecule has 0 radical (unpaired) electrons. The average molecular weight is 255 g/mol. The Morgan fingerprint density at radius 2 is 2.06 bits per heavy atom. The summed E-state index contributed by atoms with van der Waals surface area (Å²) in [7, 11) is 0. The van der Waals surface area contributed by atoms with Crippen LogP contribution in [0.4, 0.5) is 5.69 Å². The molecule has 0 atom stereocenters. The van der Waals surface area contributed by atoms with Gasteiger partial charge in [-0.3, -0.25) is 9.59 Å². The molecular formula is C12H15ClN2O2. The van der Waals surface area contributed by atoms with Gasteiger partial charge in [-0.05, 0) is 24.6 Å². The van der Waals surface area contributed by atoms with Crippen LogP contribution in [0.2, 0.25) is 5.02 Å². The minimum Gasteiger partial charge on any atom is -0.347 e. The normalized spacial score (nSPS) is 9.76. The Labute approximate surface area is 105 Å². The number of halogens is 1. The monoisotopic (exact) mass is 254 g/mol. The Morgan fingerprint density at radius 1 is 1.29 bits per heavy atom. The van der Waals surface area contributed by atoms with E-state index in [1.807, 2.05) is 6.92 Å². The number of hydrogen-bond acceptors (Lipinski definition) is 2. The molecule has 0 aromatic heterocycles. The fourth-order valence-corrected chi connectivity index (χ4v) is 1.46. The van der Waals surface area contributed by atoms with Gasteiger partial charge in [0, 0.05) is 17.1 Å². The molecule has 2 amide bonds. The third-order valence-electron chi connectivity index (χ3n) is 2.03. The van der Waals surface area contributed by atoms with Crippen molar-refractivity contribution in [1.82, 2.24) is 5.32 Å². The van der Waals surface area contributed by atoms with E-state index in [1.54, 1.807) is 24.3 Å². The number of hydrogen-bond donors (Lipinski definition) is 2. The van der Waals surface area contributed by atoms with E-state index in [0.29, 0.717) is 17.1 Å². The summed E-state index contributed by atoms with van der Waals surface area (Å²) in [5.74, 6) is -0.384. The van der Waals surface area contributed by atoms with Gasteiger partial charge in [0.05, 0.1) is 6.54 Å². The van der Waals surface area contributed by atoms with Gasteiger partial charge in [-0.2, -0.15) is 0 Å². The van der Waals surface area contributed by atoms with Crippen LogP contribution in [0.1, 0.15) is 19.8 Å². The molecule has 0 bridgehead atoms. The molecule has 2 N–H and O–H groups in total. The van der Waals surface area contributed by atoms with Crippen molar-refractivity contribution in [3.63, 3.8) is 0 Å². The summed E-state index contributed by atoms with van der Waals surface area (Å²) >= 11 is 5.78. The van der Waals surface area contributed by atoms with Gasteiger partial charge >= 0.3 is 0 Å². The molecule has 0 unspecified atom stereocenters. The molecular weight excluding hydrogens is 240 g/mol. The van der Waals surface area contributed by atoms with Crippen LogP contribution in [-0.2, 0) is 9.59 Å². The van der Waals surface area contributed by atoms with Crippen LogP contribution in [0.25, 0.3) is 0 Å². The molecule has 0 aliphatic carbocycles.